The molecule has 1 atom stereocenters. The van der Waals surface area contributed by atoms with Gasteiger partial charge in [-0.3, -0.25) is 9.69 Å². The molecule has 0 aromatic heterocycles. The fourth-order valence-electron chi connectivity index (χ4n) is 3.55. The highest BCUT2D eigenvalue weighted by Gasteiger charge is 2.42. The van der Waals surface area contributed by atoms with E-state index in [4.69, 9.17) is 21.7 Å². The zero-order valence-corrected chi connectivity index (χ0v) is 19.3. The van der Waals surface area contributed by atoms with E-state index >= 15 is 0 Å². The minimum atomic E-state index is -3.11. The number of carbonyl (C=O) groups is 1. The number of thioether (sulfide) groups is 1. The molecule has 1 amide bonds. The predicted octanol–water partition coefficient (Wildman–Crippen LogP) is 3.66. The second-order valence-corrected chi connectivity index (χ2v) is 11.2. The summed E-state index contributed by atoms with van der Waals surface area (Å²) in [7, 11) is -1.54. The van der Waals surface area contributed by atoms with Crippen molar-refractivity contribution in [1.29, 1.82) is 0 Å². The van der Waals surface area contributed by atoms with Gasteiger partial charge in [0.1, 0.15) is 10.9 Å². The van der Waals surface area contributed by atoms with Crippen molar-refractivity contribution >= 4 is 50.1 Å². The van der Waals surface area contributed by atoms with Gasteiger partial charge in [0.2, 0.25) is 0 Å². The summed E-state index contributed by atoms with van der Waals surface area (Å²) in [6, 6.07) is 14.9. The van der Waals surface area contributed by atoms with Crippen LogP contribution < -0.4 is 9.47 Å². The van der Waals surface area contributed by atoms with Crippen LogP contribution in [0.3, 0.4) is 0 Å². The van der Waals surface area contributed by atoms with Crippen molar-refractivity contribution in [3.05, 3.63) is 64.6 Å². The second-order valence-electron chi connectivity index (χ2n) is 7.29. The molecule has 0 saturated carbocycles. The second kappa shape index (κ2) is 9.02. The van der Waals surface area contributed by atoms with Crippen molar-refractivity contribution in [2.75, 3.05) is 18.6 Å². The van der Waals surface area contributed by atoms with Gasteiger partial charge in [-0.05, 0) is 35.8 Å². The third-order valence-electron chi connectivity index (χ3n) is 5.12. The largest absolute Gasteiger partial charge is 0.493 e. The van der Waals surface area contributed by atoms with Gasteiger partial charge in [-0.15, -0.1) is 0 Å². The molecular weight excluding hydrogens is 454 g/mol. The van der Waals surface area contributed by atoms with E-state index in [1.807, 2.05) is 36.4 Å². The van der Waals surface area contributed by atoms with E-state index in [2.05, 4.69) is 0 Å². The maximum absolute atomic E-state index is 12.9. The molecule has 0 N–H and O–H groups in total. The maximum atomic E-state index is 12.9. The Morgan fingerprint density at radius 3 is 2.65 bits per heavy atom. The molecule has 6 nitrogen and oxygen atoms in total. The van der Waals surface area contributed by atoms with E-state index in [9.17, 15) is 13.2 Å². The molecule has 2 fully saturated rings. The summed E-state index contributed by atoms with van der Waals surface area (Å²) >= 11 is 6.55. The number of carbonyl (C=O) groups excluding carboxylic acids is 1. The summed E-state index contributed by atoms with van der Waals surface area (Å²) in [6.07, 6.45) is 2.16. The number of hydrogen-bond acceptors (Lipinski definition) is 7. The standard InChI is InChI=1S/C22H21NO5S3/c1-27-19-11-16(7-8-18(19)28-13-15-5-3-2-4-6-15)12-20-21(24)23(22(29)30-20)17-9-10-31(25,26)14-17/h2-8,11-12,17H,9-10,13-14H2,1H3/b20-12+/t17-/m0/s1. The molecule has 2 aromatic carbocycles. The Balaban J connectivity index is 1.50. The summed E-state index contributed by atoms with van der Waals surface area (Å²) in [4.78, 5) is 14.8. The number of thiocarbonyl (C=S) groups is 1. The Kier molecular flexibility index (Phi) is 6.36. The summed E-state index contributed by atoms with van der Waals surface area (Å²) in [5, 5.41) is 0. The Hall–Kier alpha value is -2.36. The molecule has 9 heteroatoms. The van der Waals surface area contributed by atoms with E-state index in [-0.39, 0.29) is 23.5 Å². The predicted molar refractivity (Wildman–Crippen MR) is 126 cm³/mol. The van der Waals surface area contributed by atoms with Gasteiger partial charge < -0.3 is 9.47 Å². The fraction of sp³-hybridized carbons (Fsp3) is 0.273. The molecule has 0 radical (unpaired) electrons. The smallest absolute Gasteiger partial charge is 0.266 e. The zero-order valence-electron chi connectivity index (χ0n) is 16.8. The normalized spacial score (nSPS) is 21.6. The summed E-state index contributed by atoms with van der Waals surface area (Å²) in [5.41, 5.74) is 1.81. The van der Waals surface area contributed by atoms with E-state index in [0.29, 0.717) is 33.8 Å². The maximum Gasteiger partial charge on any atom is 0.266 e. The lowest BCUT2D eigenvalue weighted by atomic mass is 10.1. The van der Waals surface area contributed by atoms with E-state index in [0.717, 1.165) is 11.1 Å². The Morgan fingerprint density at radius 1 is 1.19 bits per heavy atom. The van der Waals surface area contributed by atoms with Crippen LogP contribution in [0, 0.1) is 0 Å². The van der Waals surface area contributed by atoms with Crippen molar-refractivity contribution in [2.45, 2.75) is 19.1 Å². The van der Waals surface area contributed by atoms with Gasteiger partial charge in [0.05, 0.1) is 29.6 Å². The first-order valence-corrected chi connectivity index (χ1v) is 12.7. The number of rotatable bonds is 6. The molecule has 162 valence electrons. The molecule has 0 spiro atoms. The number of hydrogen-bond donors (Lipinski definition) is 0. The summed E-state index contributed by atoms with van der Waals surface area (Å²) in [6.45, 7) is 0.416. The summed E-state index contributed by atoms with van der Waals surface area (Å²) < 4.78 is 35.3. The number of amides is 1. The van der Waals surface area contributed by atoms with Crippen LogP contribution in [0.4, 0.5) is 0 Å². The average Bonchev–Trinajstić information content (AvgIpc) is 3.25. The molecule has 2 aromatic rings. The van der Waals surface area contributed by atoms with Crippen molar-refractivity contribution in [2.24, 2.45) is 0 Å². The van der Waals surface area contributed by atoms with Gasteiger partial charge in [-0.2, -0.15) is 0 Å². The van der Waals surface area contributed by atoms with Gasteiger partial charge in [-0.25, -0.2) is 8.42 Å². The van der Waals surface area contributed by atoms with Crippen molar-refractivity contribution in [3.8, 4) is 11.5 Å². The average molecular weight is 476 g/mol. The molecule has 31 heavy (non-hydrogen) atoms. The van der Waals surface area contributed by atoms with Gasteiger partial charge in [-0.1, -0.05) is 60.4 Å². The Bertz CT molecular complexity index is 1140. The van der Waals surface area contributed by atoms with Crippen molar-refractivity contribution < 1.29 is 22.7 Å². The van der Waals surface area contributed by atoms with Crippen LogP contribution in [-0.4, -0.2) is 48.2 Å². The molecule has 2 saturated heterocycles. The molecule has 0 unspecified atom stereocenters. The monoisotopic (exact) mass is 475 g/mol. The van der Waals surface area contributed by atoms with E-state index in [1.54, 1.807) is 25.3 Å². The number of benzene rings is 2. The third kappa shape index (κ3) is 4.94. The van der Waals surface area contributed by atoms with Crippen molar-refractivity contribution in [3.63, 3.8) is 0 Å². The van der Waals surface area contributed by atoms with Crippen LogP contribution in [0.25, 0.3) is 6.08 Å². The highest BCUT2D eigenvalue weighted by molar-refractivity contribution is 8.26. The Labute approximate surface area is 191 Å². The first kappa shape index (κ1) is 21.9. The van der Waals surface area contributed by atoms with Gasteiger partial charge in [0, 0.05) is 0 Å². The molecule has 0 bridgehead atoms. The quantitative estimate of drug-likeness (QED) is 0.466. The lowest BCUT2D eigenvalue weighted by Crippen LogP contribution is -2.39. The molecule has 2 aliphatic rings. The van der Waals surface area contributed by atoms with Crippen LogP contribution in [0.5, 0.6) is 11.5 Å². The minimum absolute atomic E-state index is 0.0337. The van der Waals surface area contributed by atoms with Gasteiger partial charge in [0.15, 0.2) is 21.3 Å². The number of methoxy groups -OCH3 is 1. The van der Waals surface area contributed by atoms with Crippen LogP contribution in [-0.2, 0) is 21.2 Å². The molecule has 4 rings (SSSR count). The highest BCUT2D eigenvalue weighted by atomic mass is 32.2. The first-order chi connectivity index (χ1) is 14.9. The van der Waals surface area contributed by atoms with Gasteiger partial charge in [0.25, 0.3) is 5.91 Å². The molecule has 2 aliphatic heterocycles. The van der Waals surface area contributed by atoms with E-state index < -0.39 is 9.84 Å². The number of sulfone groups is 1. The third-order valence-corrected chi connectivity index (χ3v) is 8.20. The topological polar surface area (TPSA) is 72.9 Å². The van der Waals surface area contributed by atoms with Crippen LogP contribution >= 0.6 is 24.0 Å². The Morgan fingerprint density at radius 2 is 1.97 bits per heavy atom. The highest BCUT2D eigenvalue weighted by Crippen LogP contribution is 2.37. The fourth-order valence-corrected chi connectivity index (χ4v) is 6.65. The lowest BCUT2D eigenvalue weighted by molar-refractivity contribution is -0.123. The minimum Gasteiger partial charge on any atom is -0.493 e. The number of nitrogens with zero attached hydrogens (tertiary/aromatic N) is 1. The molecular formula is C22H21NO5S3. The SMILES string of the molecule is COc1cc(/C=C2/SC(=S)N([C@H]3CCS(=O)(=O)C3)C2=O)ccc1OCc1ccccc1. The zero-order chi connectivity index (χ0) is 22.0. The van der Waals surface area contributed by atoms with Crippen LogP contribution in [0.1, 0.15) is 17.5 Å². The molecule has 0 aliphatic carbocycles. The summed E-state index contributed by atoms with van der Waals surface area (Å²) in [5.74, 6) is 0.971. The van der Waals surface area contributed by atoms with Crippen molar-refractivity contribution in [1.82, 2.24) is 4.90 Å². The number of ether oxygens (including phenoxy) is 2. The molecule has 2 heterocycles. The lowest BCUT2D eigenvalue weighted by Gasteiger charge is -2.20. The van der Waals surface area contributed by atoms with Crippen LogP contribution in [0.15, 0.2) is 53.4 Å². The van der Waals surface area contributed by atoms with Crippen LogP contribution in [0.2, 0.25) is 0 Å². The van der Waals surface area contributed by atoms with E-state index in [1.165, 1.54) is 16.7 Å². The van der Waals surface area contributed by atoms with Gasteiger partial charge >= 0.3 is 0 Å². The first-order valence-electron chi connectivity index (χ1n) is 9.68.